The molecule has 1 saturated heterocycles. The van der Waals surface area contributed by atoms with E-state index in [1.165, 1.54) is 13.5 Å². The monoisotopic (exact) mass is 210 g/mol. The predicted molar refractivity (Wildman–Crippen MR) is 59.0 cm³/mol. The van der Waals surface area contributed by atoms with Crippen LogP contribution in [0, 0.1) is 11.2 Å². The summed E-state index contributed by atoms with van der Waals surface area (Å²) in [5.74, 6) is 0.575. The first-order valence-electron chi connectivity index (χ1n) is 5.59. The van der Waals surface area contributed by atoms with Crippen LogP contribution in [0.15, 0.2) is 0 Å². The Morgan fingerprint density at radius 2 is 2.33 bits per heavy atom. The zero-order chi connectivity index (χ0) is 11.3. The molecule has 0 aromatic heterocycles. The quantitative estimate of drug-likeness (QED) is 0.538. The zero-order valence-corrected chi connectivity index (χ0v) is 9.53. The van der Waals surface area contributed by atoms with Gasteiger partial charge in [-0.25, -0.2) is 0 Å². The average molecular weight is 210 g/mol. The van der Waals surface area contributed by atoms with Crippen LogP contribution in [0.1, 0.15) is 33.1 Å². The van der Waals surface area contributed by atoms with Crippen LogP contribution in [0.5, 0.6) is 0 Å². The van der Waals surface area contributed by atoms with Crippen LogP contribution in [0.2, 0.25) is 0 Å². The van der Waals surface area contributed by atoms with Gasteiger partial charge in [0.1, 0.15) is 0 Å². The molecule has 1 aliphatic rings. The third kappa shape index (κ3) is 3.65. The van der Waals surface area contributed by atoms with Crippen molar-refractivity contribution in [3.05, 3.63) is 0 Å². The first-order chi connectivity index (χ1) is 7.15. The van der Waals surface area contributed by atoms with Crippen molar-refractivity contribution in [1.82, 2.24) is 4.90 Å². The minimum absolute atomic E-state index is 0.142. The Balaban J connectivity index is 2.24. The molecule has 1 rings (SSSR count). The minimum atomic E-state index is -0.270. The van der Waals surface area contributed by atoms with Crippen LogP contribution in [-0.4, -0.2) is 37.2 Å². The third-order valence-corrected chi connectivity index (χ3v) is 2.64. The molecule has 0 spiro atoms. The molecule has 84 valence electrons. The van der Waals surface area contributed by atoms with E-state index in [4.69, 9.17) is 10.0 Å². The van der Waals surface area contributed by atoms with Gasteiger partial charge >= 0.3 is 91.0 Å². The number of amides is 1. The van der Waals surface area contributed by atoms with Gasteiger partial charge in [0.05, 0.1) is 0 Å². The second-order valence-corrected chi connectivity index (χ2v) is 4.39. The maximum atomic E-state index is 11.3. The molecule has 1 fully saturated rings. The van der Waals surface area contributed by atoms with E-state index in [0.29, 0.717) is 19.1 Å². The van der Waals surface area contributed by atoms with E-state index in [9.17, 15) is 4.79 Å². The number of ether oxygens (including phenoxy) is 1. The van der Waals surface area contributed by atoms with E-state index in [1.807, 2.05) is 0 Å². The summed E-state index contributed by atoms with van der Waals surface area (Å²) < 4.78 is 4.88. The average Bonchev–Trinajstić information content (AvgIpc) is 2.54. The summed E-state index contributed by atoms with van der Waals surface area (Å²) in [4.78, 5) is 12.9. The maximum absolute atomic E-state index is 11.3. The Bertz CT molecular complexity index is 233. The first-order valence-corrected chi connectivity index (χ1v) is 5.59. The molecule has 1 atom stereocenters. The number of carbonyl (C=O) groups excluding carboxylic acids is 1. The summed E-state index contributed by atoms with van der Waals surface area (Å²) in [5.41, 5.74) is 0. The van der Waals surface area contributed by atoms with Crippen LogP contribution in [0.3, 0.4) is 0 Å². The van der Waals surface area contributed by atoms with Gasteiger partial charge in [0, 0.05) is 0 Å². The Hall–Kier alpha value is -0.865. The van der Waals surface area contributed by atoms with E-state index in [0.717, 1.165) is 12.8 Å². The normalized spacial score (nSPS) is 20.6. The molecule has 0 unspecified atom stereocenters. The number of unbranched alkanes of at least 4 members (excludes halogenated alkanes) is 1. The first kappa shape index (κ1) is 12.2. The van der Waals surface area contributed by atoms with Gasteiger partial charge in [-0.05, 0) is 0 Å². The standard InChI is InChI=1S/C10H19BN2O2/c1-8(2)5-3-4-6-13-9(11-12)7-15-10(13)14/h8-9,12H,3-7H2,1-2H3/t9-/m1/s1. The molecule has 15 heavy (non-hydrogen) atoms. The molecular formula is C10H19BN2O2. The van der Waals surface area contributed by atoms with Crippen molar-refractivity contribution >= 4 is 13.2 Å². The van der Waals surface area contributed by atoms with Crippen molar-refractivity contribution < 1.29 is 9.53 Å². The summed E-state index contributed by atoms with van der Waals surface area (Å²) in [5, 5.41) is 7.17. The number of nitrogens with one attached hydrogen (secondary N) is 1. The predicted octanol–water partition coefficient (Wildman–Crippen LogP) is 2.06. The molecule has 0 aromatic carbocycles. The number of hydrogen-bond acceptors (Lipinski definition) is 3. The summed E-state index contributed by atoms with van der Waals surface area (Å²) in [6.45, 7) is 5.45. The third-order valence-electron chi connectivity index (χ3n) is 2.64. The van der Waals surface area contributed by atoms with E-state index < -0.39 is 0 Å². The second-order valence-electron chi connectivity index (χ2n) is 4.39. The summed E-state index contributed by atoms with van der Waals surface area (Å²) in [6, 6.07) is 0. The molecule has 4 nitrogen and oxygen atoms in total. The van der Waals surface area contributed by atoms with Gasteiger partial charge in [0.25, 0.3) is 0 Å². The van der Waals surface area contributed by atoms with Crippen molar-refractivity contribution in [3.63, 3.8) is 0 Å². The van der Waals surface area contributed by atoms with Crippen molar-refractivity contribution in [2.24, 2.45) is 5.92 Å². The molecule has 5 heteroatoms. The molecule has 1 amide bonds. The summed E-state index contributed by atoms with van der Waals surface area (Å²) in [6.07, 6.45) is 3.05. The number of nitrogens with zero attached hydrogens (tertiary/aromatic N) is 1. The fourth-order valence-electron chi connectivity index (χ4n) is 1.69. The molecule has 1 N–H and O–H groups in total. The fourth-order valence-corrected chi connectivity index (χ4v) is 1.69. The molecule has 0 aliphatic carbocycles. The van der Waals surface area contributed by atoms with Gasteiger partial charge < -0.3 is 0 Å². The van der Waals surface area contributed by atoms with Crippen molar-refractivity contribution in [2.45, 2.75) is 39.1 Å². The Morgan fingerprint density at radius 1 is 1.60 bits per heavy atom. The molecule has 0 aromatic rings. The van der Waals surface area contributed by atoms with Gasteiger partial charge in [-0.1, -0.05) is 0 Å². The molecule has 1 heterocycles. The molecular weight excluding hydrogens is 191 g/mol. The van der Waals surface area contributed by atoms with Crippen LogP contribution in [-0.2, 0) is 4.74 Å². The van der Waals surface area contributed by atoms with Crippen molar-refractivity contribution in [1.29, 1.82) is 5.31 Å². The SMILES string of the molecule is CC(C)CCCCN1C(=O)OC[C@@H]1B=N. The van der Waals surface area contributed by atoms with E-state index in [2.05, 4.69) is 13.8 Å². The molecule has 0 bridgehead atoms. The number of cyclic esters (lactones) is 1. The zero-order valence-electron chi connectivity index (χ0n) is 9.53. The summed E-state index contributed by atoms with van der Waals surface area (Å²) >= 11 is 0. The topological polar surface area (TPSA) is 53.4 Å². The van der Waals surface area contributed by atoms with Gasteiger partial charge in [-0.2, -0.15) is 0 Å². The van der Waals surface area contributed by atoms with Crippen molar-refractivity contribution in [2.75, 3.05) is 13.2 Å². The van der Waals surface area contributed by atoms with Gasteiger partial charge in [-0.15, -0.1) is 0 Å². The van der Waals surface area contributed by atoms with Gasteiger partial charge in [0.2, 0.25) is 0 Å². The molecule has 1 aliphatic heterocycles. The van der Waals surface area contributed by atoms with Gasteiger partial charge in [0.15, 0.2) is 0 Å². The molecule has 0 saturated carbocycles. The van der Waals surface area contributed by atoms with E-state index in [-0.39, 0.29) is 12.0 Å². The van der Waals surface area contributed by atoms with Gasteiger partial charge in [-0.3, -0.25) is 0 Å². The Kier molecular flexibility index (Phi) is 4.79. The van der Waals surface area contributed by atoms with E-state index >= 15 is 0 Å². The van der Waals surface area contributed by atoms with Crippen LogP contribution < -0.4 is 0 Å². The van der Waals surface area contributed by atoms with Crippen LogP contribution >= 0.6 is 0 Å². The second kappa shape index (κ2) is 5.88. The number of rotatable bonds is 6. The number of hydrogen-bond donors (Lipinski definition) is 1. The Labute approximate surface area is 91.7 Å². The van der Waals surface area contributed by atoms with Crippen molar-refractivity contribution in [3.8, 4) is 0 Å². The van der Waals surface area contributed by atoms with E-state index in [1.54, 1.807) is 4.90 Å². The van der Waals surface area contributed by atoms with Crippen LogP contribution in [0.4, 0.5) is 4.79 Å². The molecule has 0 radical (unpaired) electrons. The fraction of sp³-hybridized carbons (Fsp3) is 0.900. The number of carbonyl (C=O) groups is 1. The summed E-state index contributed by atoms with van der Waals surface area (Å²) in [7, 11) is 1.29. The Morgan fingerprint density at radius 3 is 2.93 bits per heavy atom. The van der Waals surface area contributed by atoms with Crippen LogP contribution in [0.25, 0.3) is 0 Å².